The van der Waals surface area contributed by atoms with Crippen LogP contribution >= 0.6 is 0 Å². The van der Waals surface area contributed by atoms with Gasteiger partial charge in [-0.15, -0.1) is 0 Å². The van der Waals surface area contributed by atoms with Gasteiger partial charge in [0.2, 0.25) is 5.88 Å². The van der Waals surface area contributed by atoms with Crippen LogP contribution in [0.4, 0.5) is 10.1 Å². The smallest absolute Gasteiger partial charge is 0.272 e. The molecule has 0 saturated heterocycles. The number of non-ortho nitro benzene ring substituents is 1. The molecule has 0 saturated carbocycles. The number of rotatable bonds is 8. The van der Waals surface area contributed by atoms with Gasteiger partial charge in [0, 0.05) is 25.3 Å². The van der Waals surface area contributed by atoms with Crippen molar-refractivity contribution in [1.82, 2.24) is 15.1 Å². The number of benzene rings is 2. The van der Waals surface area contributed by atoms with Crippen LogP contribution in [0.15, 0.2) is 48.5 Å². The van der Waals surface area contributed by atoms with Gasteiger partial charge in [0.05, 0.1) is 23.3 Å². The molecule has 1 amide bonds. The largest absolute Gasteiger partial charge is 0.436 e. The van der Waals surface area contributed by atoms with Crippen molar-refractivity contribution in [2.45, 2.75) is 6.92 Å². The highest BCUT2D eigenvalue weighted by atomic mass is 19.1. The molecular weight excluding hydrogens is 395 g/mol. The summed E-state index contributed by atoms with van der Waals surface area (Å²) in [6.07, 6.45) is 0. The number of ether oxygens (including phenoxy) is 2. The van der Waals surface area contributed by atoms with Crippen molar-refractivity contribution in [2.75, 3.05) is 20.3 Å². The summed E-state index contributed by atoms with van der Waals surface area (Å²) in [6.45, 7) is 2.25. The molecule has 9 nitrogen and oxygen atoms in total. The molecule has 10 heteroatoms. The Morgan fingerprint density at radius 2 is 2.00 bits per heavy atom. The molecule has 3 aromatic rings. The summed E-state index contributed by atoms with van der Waals surface area (Å²) in [5.41, 5.74) is 0.680. The minimum Gasteiger partial charge on any atom is -0.436 e. The van der Waals surface area contributed by atoms with Gasteiger partial charge in [-0.3, -0.25) is 14.9 Å². The molecule has 0 fully saturated rings. The van der Waals surface area contributed by atoms with E-state index < -0.39 is 22.3 Å². The molecule has 1 heterocycles. The fourth-order valence-corrected chi connectivity index (χ4v) is 2.70. The van der Waals surface area contributed by atoms with Crippen LogP contribution in [0.3, 0.4) is 0 Å². The molecule has 2 aromatic carbocycles. The summed E-state index contributed by atoms with van der Waals surface area (Å²) < 4.78 is 26.4. The van der Waals surface area contributed by atoms with Crippen molar-refractivity contribution >= 4 is 11.6 Å². The van der Waals surface area contributed by atoms with E-state index in [1.165, 1.54) is 11.8 Å². The van der Waals surface area contributed by atoms with Gasteiger partial charge in [0.1, 0.15) is 0 Å². The van der Waals surface area contributed by atoms with Gasteiger partial charge < -0.3 is 14.8 Å². The summed E-state index contributed by atoms with van der Waals surface area (Å²) in [5, 5.41) is 17.9. The number of hydrogen-bond acceptors (Lipinski definition) is 6. The Bertz CT molecular complexity index is 1070. The summed E-state index contributed by atoms with van der Waals surface area (Å²) in [5.74, 6) is -1.46. The zero-order valence-electron chi connectivity index (χ0n) is 16.3. The predicted octanol–water partition coefficient (Wildman–Crippen LogP) is 3.40. The third-order valence-electron chi connectivity index (χ3n) is 4.21. The standard InChI is InChI=1S/C20H19FN4O5/c1-13-18(19(26)22-10-11-29-2)23-24(14-6-4-3-5-7-14)20(13)30-17-9-8-15(25(27)28)12-16(17)21/h3-9,12H,10-11H2,1-2H3,(H,22,26). The lowest BCUT2D eigenvalue weighted by Crippen LogP contribution is -2.27. The molecule has 0 aliphatic rings. The molecule has 0 aliphatic heterocycles. The first-order valence-electron chi connectivity index (χ1n) is 8.96. The van der Waals surface area contributed by atoms with Gasteiger partial charge in [-0.1, -0.05) is 18.2 Å². The van der Waals surface area contributed by atoms with Gasteiger partial charge in [0.15, 0.2) is 17.3 Å². The molecule has 1 aromatic heterocycles. The molecule has 3 rings (SSSR count). The monoisotopic (exact) mass is 414 g/mol. The molecule has 0 unspecified atom stereocenters. The predicted molar refractivity (Wildman–Crippen MR) is 106 cm³/mol. The lowest BCUT2D eigenvalue weighted by molar-refractivity contribution is -0.385. The van der Waals surface area contributed by atoms with Crippen LogP contribution in [0.25, 0.3) is 5.69 Å². The lowest BCUT2D eigenvalue weighted by Gasteiger charge is -2.10. The number of carbonyl (C=O) groups excluding carboxylic acids is 1. The quantitative estimate of drug-likeness (QED) is 0.344. The zero-order valence-corrected chi connectivity index (χ0v) is 16.3. The van der Waals surface area contributed by atoms with Crippen LogP contribution in [-0.2, 0) is 4.74 Å². The number of hydrogen-bond donors (Lipinski definition) is 1. The minimum atomic E-state index is -0.907. The summed E-state index contributed by atoms with van der Waals surface area (Å²) >= 11 is 0. The van der Waals surface area contributed by atoms with Crippen LogP contribution in [0.2, 0.25) is 0 Å². The molecule has 156 valence electrons. The van der Waals surface area contributed by atoms with Gasteiger partial charge in [-0.2, -0.15) is 9.78 Å². The number of nitrogens with one attached hydrogen (secondary N) is 1. The first-order chi connectivity index (χ1) is 14.4. The summed E-state index contributed by atoms with van der Waals surface area (Å²) in [4.78, 5) is 22.7. The van der Waals surface area contributed by atoms with E-state index in [0.717, 1.165) is 18.2 Å². The first kappa shape index (κ1) is 20.9. The Kier molecular flexibility index (Phi) is 6.38. The Morgan fingerprint density at radius 1 is 1.27 bits per heavy atom. The number of aromatic nitrogens is 2. The Morgan fingerprint density at radius 3 is 2.63 bits per heavy atom. The first-order valence-corrected chi connectivity index (χ1v) is 8.96. The molecule has 0 spiro atoms. The van der Waals surface area contributed by atoms with Crippen LogP contribution < -0.4 is 10.1 Å². The molecule has 0 radical (unpaired) electrons. The maximum Gasteiger partial charge on any atom is 0.272 e. The maximum absolute atomic E-state index is 14.4. The summed E-state index contributed by atoms with van der Waals surface area (Å²) in [7, 11) is 1.52. The van der Waals surface area contributed by atoms with E-state index in [4.69, 9.17) is 9.47 Å². The van der Waals surface area contributed by atoms with E-state index in [1.54, 1.807) is 31.2 Å². The number of nitrogens with zero attached hydrogens (tertiary/aromatic N) is 3. The molecule has 30 heavy (non-hydrogen) atoms. The van der Waals surface area contributed by atoms with Crippen molar-refractivity contribution < 1.29 is 23.6 Å². The Balaban J connectivity index is 2.02. The topological polar surface area (TPSA) is 109 Å². The Labute approximate surface area is 171 Å². The van der Waals surface area contributed by atoms with Gasteiger partial charge >= 0.3 is 0 Å². The van der Waals surface area contributed by atoms with E-state index in [-0.39, 0.29) is 17.3 Å². The number of nitro benzene ring substituents is 1. The number of amides is 1. The van der Waals surface area contributed by atoms with E-state index in [9.17, 15) is 19.3 Å². The van der Waals surface area contributed by atoms with Crippen LogP contribution in [0, 0.1) is 22.9 Å². The number of methoxy groups -OCH3 is 1. The maximum atomic E-state index is 14.4. The van der Waals surface area contributed by atoms with Crippen LogP contribution in [0.1, 0.15) is 16.1 Å². The molecule has 0 atom stereocenters. The second kappa shape index (κ2) is 9.14. The second-order valence-electron chi connectivity index (χ2n) is 6.25. The Hall–Kier alpha value is -3.79. The fourth-order valence-electron chi connectivity index (χ4n) is 2.70. The van der Waals surface area contributed by atoms with Crippen LogP contribution in [0.5, 0.6) is 11.6 Å². The average Bonchev–Trinajstić information content (AvgIpc) is 3.06. The van der Waals surface area contributed by atoms with Crippen molar-refractivity contribution in [3.05, 3.63) is 75.7 Å². The van der Waals surface area contributed by atoms with Crippen molar-refractivity contribution in [1.29, 1.82) is 0 Å². The average molecular weight is 414 g/mol. The second-order valence-corrected chi connectivity index (χ2v) is 6.25. The summed E-state index contributed by atoms with van der Waals surface area (Å²) in [6, 6.07) is 11.9. The highest BCUT2D eigenvalue weighted by molar-refractivity contribution is 5.94. The van der Waals surface area contributed by atoms with E-state index in [2.05, 4.69) is 10.4 Å². The molecule has 1 N–H and O–H groups in total. The van der Waals surface area contributed by atoms with Gasteiger partial charge in [0.25, 0.3) is 11.6 Å². The van der Waals surface area contributed by atoms with Gasteiger partial charge in [-0.05, 0) is 25.1 Å². The SMILES string of the molecule is COCCNC(=O)c1nn(-c2ccccc2)c(Oc2ccc([N+](=O)[O-])cc2F)c1C. The van der Waals surface area contributed by atoms with Crippen molar-refractivity contribution in [3.63, 3.8) is 0 Å². The van der Waals surface area contributed by atoms with E-state index >= 15 is 0 Å². The molecule has 0 aliphatic carbocycles. The third kappa shape index (κ3) is 4.44. The number of para-hydroxylation sites is 1. The number of carbonyl (C=O) groups is 1. The number of nitro groups is 1. The minimum absolute atomic E-state index is 0.104. The normalized spacial score (nSPS) is 10.6. The zero-order chi connectivity index (χ0) is 21.7. The van der Waals surface area contributed by atoms with Crippen molar-refractivity contribution in [3.8, 4) is 17.3 Å². The lowest BCUT2D eigenvalue weighted by atomic mass is 10.2. The van der Waals surface area contributed by atoms with Crippen molar-refractivity contribution in [2.24, 2.45) is 0 Å². The van der Waals surface area contributed by atoms with E-state index in [0.29, 0.717) is 24.4 Å². The number of halogens is 1. The van der Waals surface area contributed by atoms with E-state index in [1.807, 2.05) is 6.07 Å². The van der Waals surface area contributed by atoms with Crippen LogP contribution in [-0.4, -0.2) is 40.9 Å². The highest BCUT2D eigenvalue weighted by Crippen LogP contribution is 2.32. The molecular formula is C20H19FN4O5. The highest BCUT2D eigenvalue weighted by Gasteiger charge is 2.24. The molecule has 0 bridgehead atoms. The third-order valence-corrected chi connectivity index (χ3v) is 4.21. The van der Waals surface area contributed by atoms with Gasteiger partial charge in [-0.25, -0.2) is 4.39 Å². The fraction of sp³-hybridized carbons (Fsp3) is 0.200.